The molecule has 1 unspecified atom stereocenters. The smallest absolute Gasteiger partial charge is 0.252 e. The molecule has 1 atom stereocenters. The van der Waals surface area contributed by atoms with E-state index in [1.54, 1.807) is 0 Å². The van der Waals surface area contributed by atoms with E-state index in [1.807, 2.05) is 19.1 Å². The summed E-state index contributed by atoms with van der Waals surface area (Å²) in [5.74, 6) is 0.0689. The van der Waals surface area contributed by atoms with E-state index in [0.717, 1.165) is 25.6 Å². The van der Waals surface area contributed by atoms with Crippen LogP contribution in [0.25, 0.3) is 0 Å². The highest BCUT2D eigenvalue weighted by Gasteiger charge is 2.33. The van der Waals surface area contributed by atoms with Crippen molar-refractivity contribution in [2.75, 3.05) is 0 Å². The summed E-state index contributed by atoms with van der Waals surface area (Å²) in [6, 6.07) is 4.28. The Morgan fingerprint density at radius 3 is 2.70 bits per heavy atom. The van der Waals surface area contributed by atoms with Crippen molar-refractivity contribution in [3.05, 3.63) is 31.3 Å². The predicted octanol–water partition coefficient (Wildman–Crippen LogP) is 5.06. The van der Waals surface area contributed by atoms with Gasteiger partial charge in [0.2, 0.25) is 0 Å². The number of amides is 1. The van der Waals surface area contributed by atoms with Gasteiger partial charge in [0.15, 0.2) is 0 Å². The van der Waals surface area contributed by atoms with Gasteiger partial charge in [-0.2, -0.15) is 0 Å². The van der Waals surface area contributed by atoms with Crippen LogP contribution in [0, 0.1) is 15.9 Å². The van der Waals surface area contributed by atoms with Gasteiger partial charge in [0.1, 0.15) is 0 Å². The molecule has 1 aromatic rings. The lowest BCUT2D eigenvalue weighted by Gasteiger charge is -2.39. The fraction of sp³-hybridized carbons (Fsp3) is 0.562. The Kier molecular flexibility index (Phi) is 5.16. The number of nitrogens with one attached hydrogen (secondary N) is 1. The first kappa shape index (κ1) is 16.3. The van der Waals surface area contributed by atoms with Crippen LogP contribution in [0.5, 0.6) is 0 Å². The number of benzene rings is 1. The van der Waals surface area contributed by atoms with Crippen LogP contribution in [0.3, 0.4) is 0 Å². The topological polar surface area (TPSA) is 29.1 Å². The van der Waals surface area contributed by atoms with Crippen molar-refractivity contribution in [3.8, 4) is 0 Å². The van der Waals surface area contributed by atoms with E-state index in [9.17, 15) is 4.79 Å². The summed E-state index contributed by atoms with van der Waals surface area (Å²) in [5.41, 5.74) is 2.04. The lowest BCUT2D eigenvalue weighted by atomic mass is 9.73. The summed E-state index contributed by atoms with van der Waals surface area (Å²) in [7, 11) is 0. The van der Waals surface area contributed by atoms with E-state index in [2.05, 4.69) is 57.7 Å². The molecule has 4 heteroatoms. The largest absolute Gasteiger partial charge is 0.349 e. The maximum absolute atomic E-state index is 12.6. The zero-order valence-electron chi connectivity index (χ0n) is 12.2. The molecule has 1 N–H and O–H groups in total. The second-order valence-electron chi connectivity index (χ2n) is 6.34. The summed E-state index contributed by atoms with van der Waals surface area (Å²) in [5, 5.41) is 3.27. The lowest BCUT2D eigenvalue weighted by molar-refractivity contribution is 0.0852. The van der Waals surface area contributed by atoms with Gasteiger partial charge >= 0.3 is 0 Å². The summed E-state index contributed by atoms with van der Waals surface area (Å²) in [6.07, 6.45) is 4.76. The van der Waals surface area contributed by atoms with Gasteiger partial charge in [0.05, 0.1) is 5.56 Å². The van der Waals surface area contributed by atoms with Crippen molar-refractivity contribution in [1.82, 2.24) is 5.32 Å². The number of carbonyl (C=O) groups is 1. The Morgan fingerprint density at radius 1 is 1.40 bits per heavy atom. The minimum absolute atomic E-state index is 0.0689. The molecule has 0 bridgehead atoms. The second kappa shape index (κ2) is 6.34. The molecule has 1 saturated carbocycles. The van der Waals surface area contributed by atoms with Crippen molar-refractivity contribution in [1.29, 1.82) is 0 Å². The maximum Gasteiger partial charge on any atom is 0.252 e. The van der Waals surface area contributed by atoms with Gasteiger partial charge in [0, 0.05) is 14.1 Å². The molecule has 110 valence electrons. The van der Waals surface area contributed by atoms with Crippen LogP contribution >= 0.6 is 38.5 Å². The van der Waals surface area contributed by atoms with E-state index in [1.165, 1.54) is 19.3 Å². The number of hydrogen-bond donors (Lipinski definition) is 1. The third-order valence-corrected chi connectivity index (χ3v) is 5.60. The predicted molar refractivity (Wildman–Crippen MR) is 95.1 cm³/mol. The first-order chi connectivity index (χ1) is 9.31. The molecule has 0 heterocycles. The summed E-state index contributed by atoms with van der Waals surface area (Å²) >= 11 is 5.72. The minimum atomic E-state index is 0.0689. The molecule has 2 rings (SSSR count). The zero-order valence-corrected chi connectivity index (χ0v) is 16.0. The number of rotatable bonds is 2. The van der Waals surface area contributed by atoms with Crippen LogP contribution in [0.15, 0.2) is 16.6 Å². The Balaban J connectivity index is 2.20. The molecule has 0 saturated heterocycles. The van der Waals surface area contributed by atoms with Gasteiger partial charge in [-0.15, -0.1) is 0 Å². The minimum Gasteiger partial charge on any atom is -0.349 e. The average molecular weight is 450 g/mol. The van der Waals surface area contributed by atoms with Gasteiger partial charge in [-0.1, -0.05) is 42.6 Å². The van der Waals surface area contributed by atoms with Crippen LogP contribution in [0.4, 0.5) is 0 Å². The summed E-state index contributed by atoms with van der Waals surface area (Å²) < 4.78 is 2.02. The lowest BCUT2D eigenvalue weighted by Crippen LogP contribution is -2.47. The van der Waals surface area contributed by atoms with E-state index in [-0.39, 0.29) is 17.4 Å². The Morgan fingerprint density at radius 2 is 2.10 bits per heavy atom. The van der Waals surface area contributed by atoms with Gasteiger partial charge in [-0.3, -0.25) is 4.79 Å². The fourth-order valence-electron chi connectivity index (χ4n) is 2.98. The standard InChI is InChI=1S/C16H21BrINO/c1-10-8-11(17)9-12(18)14(10)15(20)19-13-6-4-5-7-16(13,2)3/h8-9,13H,4-7H2,1-3H3,(H,19,20). The third-order valence-electron chi connectivity index (χ3n) is 4.29. The highest BCUT2D eigenvalue weighted by atomic mass is 127. The van der Waals surface area contributed by atoms with Crippen LogP contribution in [0.1, 0.15) is 55.5 Å². The number of carbonyl (C=O) groups excluding carboxylic acids is 1. The first-order valence-electron chi connectivity index (χ1n) is 7.08. The number of hydrogen-bond acceptors (Lipinski definition) is 1. The summed E-state index contributed by atoms with van der Waals surface area (Å²) in [4.78, 5) is 12.6. The molecule has 20 heavy (non-hydrogen) atoms. The highest BCUT2D eigenvalue weighted by molar-refractivity contribution is 14.1. The van der Waals surface area contributed by atoms with Gasteiger partial charge in [-0.05, 0) is 65.5 Å². The molecule has 0 radical (unpaired) electrons. The molecule has 2 nitrogen and oxygen atoms in total. The Labute approximate surface area is 143 Å². The van der Waals surface area contributed by atoms with E-state index in [4.69, 9.17) is 0 Å². The van der Waals surface area contributed by atoms with Crippen molar-refractivity contribution in [3.63, 3.8) is 0 Å². The van der Waals surface area contributed by atoms with Crippen molar-refractivity contribution in [2.45, 2.75) is 52.5 Å². The maximum atomic E-state index is 12.6. The van der Waals surface area contributed by atoms with Gasteiger partial charge < -0.3 is 5.32 Å². The molecular weight excluding hydrogens is 429 g/mol. The molecule has 0 spiro atoms. The van der Waals surface area contributed by atoms with Crippen LogP contribution in [-0.2, 0) is 0 Å². The van der Waals surface area contributed by atoms with Gasteiger partial charge in [-0.25, -0.2) is 0 Å². The quantitative estimate of drug-likeness (QED) is 0.628. The molecule has 1 fully saturated rings. The van der Waals surface area contributed by atoms with Crippen molar-refractivity contribution >= 4 is 44.4 Å². The molecular formula is C16H21BrINO. The molecule has 1 aliphatic carbocycles. The SMILES string of the molecule is Cc1cc(Br)cc(I)c1C(=O)NC1CCCCC1(C)C. The molecule has 1 aromatic carbocycles. The average Bonchev–Trinajstić information content (AvgIpc) is 2.30. The highest BCUT2D eigenvalue weighted by Crippen LogP contribution is 2.35. The fourth-order valence-corrected chi connectivity index (χ4v) is 4.99. The van der Waals surface area contributed by atoms with E-state index < -0.39 is 0 Å². The molecule has 1 aliphatic rings. The third kappa shape index (κ3) is 3.56. The van der Waals surface area contributed by atoms with E-state index in [0.29, 0.717) is 0 Å². The monoisotopic (exact) mass is 449 g/mol. The molecule has 0 aliphatic heterocycles. The van der Waals surface area contributed by atoms with Crippen molar-refractivity contribution < 1.29 is 4.79 Å². The number of aryl methyl sites for hydroxylation is 1. The second-order valence-corrected chi connectivity index (χ2v) is 8.42. The van der Waals surface area contributed by atoms with Crippen molar-refractivity contribution in [2.24, 2.45) is 5.41 Å². The Hall–Kier alpha value is -0.100. The van der Waals surface area contributed by atoms with Gasteiger partial charge in [0.25, 0.3) is 5.91 Å². The van der Waals surface area contributed by atoms with Crippen LogP contribution in [0.2, 0.25) is 0 Å². The number of halogens is 2. The van der Waals surface area contributed by atoms with Crippen LogP contribution < -0.4 is 5.32 Å². The zero-order chi connectivity index (χ0) is 14.9. The normalized spacial score (nSPS) is 21.6. The molecule has 0 aromatic heterocycles. The summed E-state index contributed by atoms with van der Waals surface area (Å²) in [6.45, 7) is 6.51. The first-order valence-corrected chi connectivity index (χ1v) is 8.95. The van der Waals surface area contributed by atoms with E-state index >= 15 is 0 Å². The Bertz CT molecular complexity index is 504. The molecule has 1 amide bonds. The van der Waals surface area contributed by atoms with Crippen LogP contribution in [-0.4, -0.2) is 11.9 Å².